The summed E-state index contributed by atoms with van der Waals surface area (Å²) in [6.45, 7) is 3.13. The number of ether oxygens (including phenoxy) is 1. The van der Waals surface area contributed by atoms with Gasteiger partial charge in [-0.3, -0.25) is 0 Å². The van der Waals surface area contributed by atoms with Crippen LogP contribution in [0.2, 0.25) is 5.02 Å². The SMILES string of the molecule is Nc1ccc(-c2nc(N3CCOCC3)cc(C3(Sc4ccc(Cl)cc4)CC3)n2)cc1. The molecule has 0 radical (unpaired) electrons. The Balaban J connectivity index is 1.53. The van der Waals surface area contributed by atoms with Crippen molar-refractivity contribution >= 4 is 34.9 Å². The molecule has 1 saturated carbocycles. The average molecular weight is 439 g/mol. The predicted octanol–water partition coefficient (Wildman–Crippen LogP) is 5.00. The molecule has 2 heterocycles. The third-order valence-corrected chi connectivity index (χ3v) is 7.28. The Morgan fingerprint density at radius 2 is 1.67 bits per heavy atom. The van der Waals surface area contributed by atoms with E-state index in [1.165, 1.54) is 4.90 Å². The fourth-order valence-corrected chi connectivity index (χ4v) is 5.00. The Bertz CT molecular complexity index is 1030. The fourth-order valence-electron chi connectivity index (χ4n) is 3.64. The quantitative estimate of drug-likeness (QED) is 0.565. The summed E-state index contributed by atoms with van der Waals surface area (Å²) < 4.78 is 5.52. The lowest BCUT2D eigenvalue weighted by atomic mass is 10.1. The number of morpholine rings is 1. The standard InChI is InChI=1S/C23H23ClN4OS/c24-17-3-7-19(8-4-17)30-23(9-10-23)20-15-21(28-11-13-29-14-12-28)27-22(26-20)16-1-5-18(25)6-2-16/h1-8,15H,9-14,25H2. The smallest absolute Gasteiger partial charge is 0.161 e. The zero-order valence-electron chi connectivity index (χ0n) is 16.6. The molecule has 0 unspecified atom stereocenters. The van der Waals surface area contributed by atoms with Crippen LogP contribution in [0.5, 0.6) is 0 Å². The van der Waals surface area contributed by atoms with Crippen molar-refractivity contribution in [3.8, 4) is 11.4 Å². The van der Waals surface area contributed by atoms with Gasteiger partial charge in [-0.15, -0.1) is 11.8 Å². The lowest BCUT2D eigenvalue weighted by Gasteiger charge is -2.29. The van der Waals surface area contributed by atoms with Crippen LogP contribution >= 0.6 is 23.4 Å². The zero-order valence-corrected chi connectivity index (χ0v) is 18.1. The molecule has 0 amide bonds. The van der Waals surface area contributed by atoms with Crippen molar-refractivity contribution in [1.29, 1.82) is 0 Å². The number of rotatable bonds is 5. The van der Waals surface area contributed by atoms with Crippen molar-refractivity contribution in [3.63, 3.8) is 0 Å². The molecule has 2 N–H and O–H groups in total. The number of anilines is 2. The van der Waals surface area contributed by atoms with Crippen LogP contribution in [0.15, 0.2) is 59.5 Å². The van der Waals surface area contributed by atoms with E-state index in [0.717, 1.165) is 72.8 Å². The molecule has 2 aromatic carbocycles. The fraction of sp³-hybridized carbons (Fsp3) is 0.304. The first-order valence-electron chi connectivity index (χ1n) is 10.1. The zero-order chi connectivity index (χ0) is 20.6. The molecule has 5 rings (SSSR count). The maximum atomic E-state index is 6.07. The van der Waals surface area contributed by atoms with Crippen molar-refractivity contribution in [2.75, 3.05) is 36.9 Å². The number of nitrogen functional groups attached to an aromatic ring is 1. The van der Waals surface area contributed by atoms with Crippen molar-refractivity contribution in [1.82, 2.24) is 9.97 Å². The summed E-state index contributed by atoms with van der Waals surface area (Å²) in [6.07, 6.45) is 2.20. The summed E-state index contributed by atoms with van der Waals surface area (Å²) in [5.74, 6) is 1.72. The Morgan fingerprint density at radius 1 is 0.967 bits per heavy atom. The largest absolute Gasteiger partial charge is 0.399 e. The third kappa shape index (κ3) is 4.13. The minimum absolute atomic E-state index is 0.0135. The topological polar surface area (TPSA) is 64.3 Å². The van der Waals surface area contributed by atoms with E-state index in [4.69, 9.17) is 32.0 Å². The highest BCUT2D eigenvalue weighted by atomic mass is 35.5. The summed E-state index contributed by atoms with van der Waals surface area (Å²) in [7, 11) is 0. The van der Waals surface area contributed by atoms with Crippen molar-refractivity contribution in [3.05, 3.63) is 65.3 Å². The van der Waals surface area contributed by atoms with Crippen molar-refractivity contribution in [2.24, 2.45) is 0 Å². The van der Waals surface area contributed by atoms with Crippen LogP contribution in [0.25, 0.3) is 11.4 Å². The molecule has 1 aliphatic carbocycles. The van der Waals surface area contributed by atoms with Crippen LogP contribution in [0.3, 0.4) is 0 Å². The monoisotopic (exact) mass is 438 g/mol. The number of nitrogens with zero attached hydrogens (tertiary/aromatic N) is 3. The van der Waals surface area contributed by atoms with Gasteiger partial charge in [0.1, 0.15) is 5.82 Å². The lowest BCUT2D eigenvalue weighted by molar-refractivity contribution is 0.122. The summed E-state index contributed by atoms with van der Waals surface area (Å²) in [4.78, 5) is 13.4. The number of hydrogen-bond donors (Lipinski definition) is 1. The van der Waals surface area contributed by atoms with Gasteiger partial charge >= 0.3 is 0 Å². The number of hydrogen-bond acceptors (Lipinski definition) is 6. The second-order valence-electron chi connectivity index (χ2n) is 7.71. The molecular weight excluding hydrogens is 416 g/mol. The Morgan fingerprint density at radius 3 is 2.33 bits per heavy atom. The van der Waals surface area contributed by atoms with Crippen LogP contribution in [-0.4, -0.2) is 36.3 Å². The molecule has 0 spiro atoms. The highest BCUT2D eigenvalue weighted by Gasteiger charge is 2.47. The number of thioether (sulfide) groups is 1. The molecule has 2 fully saturated rings. The van der Waals surface area contributed by atoms with Gasteiger partial charge in [0.15, 0.2) is 5.82 Å². The molecule has 30 heavy (non-hydrogen) atoms. The number of benzene rings is 2. The van der Waals surface area contributed by atoms with Gasteiger partial charge < -0.3 is 15.4 Å². The summed E-state index contributed by atoms with van der Waals surface area (Å²) in [5, 5.41) is 0.756. The predicted molar refractivity (Wildman–Crippen MR) is 123 cm³/mol. The first kappa shape index (κ1) is 19.7. The Kier molecular flexibility index (Phi) is 5.31. The third-order valence-electron chi connectivity index (χ3n) is 5.51. The van der Waals surface area contributed by atoms with Crippen LogP contribution in [0, 0.1) is 0 Å². The Labute approximate surface area is 185 Å². The van der Waals surface area contributed by atoms with Gasteiger partial charge in [-0.25, -0.2) is 9.97 Å². The molecule has 1 aromatic heterocycles. The van der Waals surface area contributed by atoms with E-state index in [2.05, 4.69) is 23.1 Å². The van der Waals surface area contributed by atoms with Gasteiger partial charge in [-0.2, -0.15) is 0 Å². The van der Waals surface area contributed by atoms with Gasteiger partial charge in [0.25, 0.3) is 0 Å². The van der Waals surface area contributed by atoms with Crippen LogP contribution in [0.4, 0.5) is 11.5 Å². The highest BCUT2D eigenvalue weighted by molar-refractivity contribution is 8.00. The maximum absolute atomic E-state index is 6.07. The second-order valence-corrected chi connectivity index (χ2v) is 9.60. The molecule has 7 heteroatoms. The first-order chi connectivity index (χ1) is 14.6. The van der Waals surface area contributed by atoms with Crippen molar-refractivity contribution in [2.45, 2.75) is 22.5 Å². The molecule has 1 saturated heterocycles. The molecule has 2 aliphatic rings. The van der Waals surface area contributed by atoms with E-state index in [0.29, 0.717) is 0 Å². The summed E-state index contributed by atoms with van der Waals surface area (Å²) >= 11 is 7.94. The van der Waals surface area contributed by atoms with E-state index in [1.54, 1.807) is 0 Å². The van der Waals surface area contributed by atoms with Crippen LogP contribution in [-0.2, 0) is 9.48 Å². The molecule has 0 bridgehead atoms. The molecule has 1 aliphatic heterocycles. The minimum atomic E-state index is -0.0135. The minimum Gasteiger partial charge on any atom is -0.399 e. The molecule has 154 valence electrons. The molecular formula is C23H23ClN4OS. The van der Waals surface area contributed by atoms with E-state index in [9.17, 15) is 0 Å². The van der Waals surface area contributed by atoms with Crippen molar-refractivity contribution < 1.29 is 4.74 Å². The molecule has 5 nitrogen and oxygen atoms in total. The van der Waals surface area contributed by atoms with Gasteiger partial charge in [0.05, 0.1) is 23.7 Å². The van der Waals surface area contributed by atoms with E-state index in [-0.39, 0.29) is 4.75 Å². The summed E-state index contributed by atoms with van der Waals surface area (Å²) in [5.41, 5.74) is 8.69. The van der Waals surface area contributed by atoms with Gasteiger partial charge in [0, 0.05) is 40.3 Å². The van der Waals surface area contributed by atoms with E-state index in [1.807, 2.05) is 48.2 Å². The maximum Gasteiger partial charge on any atom is 0.161 e. The highest BCUT2D eigenvalue weighted by Crippen LogP contribution is 2.59. The van der Waals surface area contributed by atoms with Gasteiger partial charge in [0.2, 0.25) is 0 Å². The van der Waals surface area contributed by atoms with E-state index < -0.39 is 0 Å². The number of aromatic nitrogens is 2. The Hall–Kier alpha value is -2.28. The van der Waals surface area contributed by atoms with E-state index >= 15 is 0 Å². The average Bonchev–Trinajstić information content (AvgIpc) is 3.57. The number of halogens is 1. The second kappa shape index (κ2) is 8.10. The number of nitrogens with two attached hydrogens (primary N) is 1. The van der Waals surface area contributed by atoms with Gasteiger partial charge in [-0.05, 0) is 61.4 Å². The molecule has 0 atom stereocenters. The summed E-state index contributed by atoms with van der Waals surface area (Å²) in [6, 6.07) is 18.0. The molecule has 3 aromatic rings. The first-order valence-corrected chi connectivity index (χ1v) is 11.3. The van der Waals surface area contributed by atoms with Gasteiger partial charge in [-0.1, -0.05) is 11.6 Å². The normalized spacial score (nSPS) is 17.7. The van der Waals surface area contributed by atoms with Crippen LogP contribution in [0.1, 0.15) is 18.5 Å². The lowest BCUT2D eigenvalue weighted by Crippen LogP contribution is -2.37. The van der Waals surface area contributed by atoms with Crippen LogP contribution < -0.4 is 10.6 Å².